The maximum Gasteiger partial charge on any atom is 0.00976 e. The van der Waals surface area contributed by atoms with Crippen molar-refractivity contribution < 1.29 is 0 Å². The van der Waals surface area contributed by atoms with E-state index in [1.165, 1.54) is 44.9 Å². The number of nitrogens with one attached hydrogen (secondary N) is 1. The maximum absolute atomic E-state index is 3.71. The molecule has 0 saturated heterocycles. The fourth-order valence-electron chi connectivity index (χ4n) is 2.93. The largest absolute Gasteiger partial charge is 0.314 e. The summed E-state index contributed by atoms with van der Waals surface area (Å²) in [7, 11) is 0. The van der Waals surface area contributed by atoms with Gasteiger partial charge in [0.15, 0.2) is 0 Å². The topological polar surface area (TPSA) is 12.0 Å². The van der Waals surface area contributed by atoms with Crippen LogP contribution in [0.4, 0.5) is 0 Å². The predicted molar refractivity (Wildman–Crippen MR) is 68.1 cm³/mol. The van der Waals surface area contributed by atoms with Crippen LogP contribution < -0.4 is 5.32 Å². The Kier molecular flexibility index (Phi) is 6.31. The Labute approximate surface area is 96.0 Å². The van der Waals surface area contributed by atoms with Gasteiger partial charge in [0.05, 0.1) is 0 Å². The summed E-state index contributed by atoms with van der Waals surface area (Å²) >= 11 is 0. The second-order valence-corrected chi connectivity index (χ2v) is 5.55. The summed E-state index contributed by atoms with van der Waals surface area (Å²) in [6.45, 7) is 8.07. The Bertz CT molecular complexity index is 145. The average molecular weight is 211 g/mol. The Morgan fingerprint density at radius 1 is 1.07 bits per heavy atom. The van der Waals surface area contributed by atoms with Gasteiger partial charge in [0.2, 0.25) is 0 Å². The summed E-state index contributed by atoms with van der Waals surface area (Å²) in [6.07, 6.45) is 10.1. The molecule has 0 heterocycles. The lowest BCUT2D eigenvalue weighted by Crippen LogP contribution is -2.37. The van der Waals surface area contributed by atoms with Gasteiger partial charge in [0.1, 0.15) is 0 Å². The number of hydrogen-bond donors (Lipinski definition) is 1. The fraction of sp³-hybridized carbons (Fsp3) is 1.00. The second-order valence-electron chi connectivity index (χ2n) is 5.55. The van der Waals surface area contributed by atoms with Crippen LogP contribution in [0.1, 0.15) is 65.7 Å². The highest BCUT2D eigenvalue weighted by Crippen LogP contribution is 2.28. The molecule has 0 aromatic carbocycles. The van der Waals surface area contributed by atoms with E-state index in [1.807, 2.05) is 0 Å². The van der Waals surface area contributed by atoms with Crippen molar-refractivity contribution in [2.75, 3.05) is 6.54 Å². The van der Waals surface area contributed by atoms with E-state index in [0.717, 1.165) is 24.4 Å². The molecule has 1 aliphatic carbocycles. The first-order valence-electron chi connectivity index (χ1n) is 6.97. The zero-order valence-electron chi connectivity index (χ0n) is 10.9. The SMILES string of the molecule is CCNC(CC(C)C)C1CCCCCC1. The smallest absolute Gasteiger partial charge is 0.00976 e. The fourth-order valence-corrected chi connectivity index (χ4v) is 2.93. The summed E-state index contributed by atoms with van der Waals surface area (Å²) in [5.74, 6) is 1.78. The van der Waals surface area contributed by atoms with Crippen LogP contribution in [0.3, 0.4) is 0 Å². The molecule has 0 aliphatic heterocycles. The summed E-state index contributed by atoms with van der Waals surface area (Å²) in [5.41, 5.74) is 0. The molecule has 1 N–H and O–H groups in total. The average Bonchev–Trinajstić information content (AvgIpc) is 2.44. The van der Waals surface area contributed by atoms with Gasteiger partial charge in [-0.1, -0.05) is 46.5 Å². The molecule has 0 bridgehead atoms. The minimum absolute atomic E-state index is 0.785. The summed E-state index contributed by atoms with van der Waals surface area (Å²) in [6, 6.07) is 0.785. The van der Waals surface area contributed by atoms with Crippen LogP contribution in [0, 0.1) is 11.8 Å². The molecule has 1 heteroatoms. The molecule has 0 aromatic heterocycles. The Morgan fingerprint density at radius 3 is 2.13 bits per heavy atom. The molecule has 0 amide bonds. The van der Waals surface area contributed by atoms with Gasteiger partial charge in [-0.3, -0.25) is 0 Å². The molecule has 0 spiro atoms. The number of rotatable bonds is 5. The van der Waals surface area contributed by atoms with Gasteiger partial charge in [-0.25, -0.2) is 0 Å². The van der Waals surface area contributed by atoms with Crippen molar-refractivity contribution in [1.29, 1.82) is 0 Å². The molecule has 1 aliphatic rings. The minimum atomic E-state index is 0.785. The normalized spacial score (nSPS) is 21.6. The summed E-state index contributed by atoms with van der Waals surface area (Å²) in [4.78, 5) is 0. The Morgan fingerprint density at radius 2 is 1.67 bits per heavy atom. The zero-order chi connectivity index (χ0) is 11.1. The Hall–Kier alpha value is -0.0400. The molecule has 1 atom stereocenters. The van der Waals surface area contributed by atoms with Crippen LogP contribution in [0.25, 0.3) is 0 Å². The van der Waals surface area contributed by atoms with E-state index in [2.05, 4.69) is 26.1 Å². The monoisotopic (exact) mass is 211 g/mol. The predicted octanol–water partition coefficient (Wildman–Crippen LogP) is 3.98. The quantitative estimate of drug-likeness (QED) is 0.678. The third-order valence-electron chi connectivity index (χ3n) is 3.66. The molecule has 0 radical (unpaired) electrons. The van der Waals surface area contributed by atoms with Gasteiger partial charge < -0.3 is 5.32 Å². The molecule has 90 valence electrons. The van der Waals surface area contributed by atoms with Gasteiger partial charge in [-0.15, -0.1) is 0 Å². The van der Waals surface area contributed by atoms with Gasteiger partial charge in [-0.05, 0) is 37.6 Å². The van der Waals surface area contributed by atoms with E-state index in [1.54, 1.807) is 0 Å². The third-order valence-corrected chi connectivity index (χ3v) is 3.66. The summed E-state index contributed by atoms with van der Waals surface area (Å²) in [5, 5.41) is 3.71. The first kappa shape index (κ1) is 13.0. The van der Waals surface area contributed by atoms with Crippen LogP contribution >= 0.6 is 0 Å². The Balaban J connectivity index is 2.44. The highest BCUT2D eigenvalue weighted by molar-refractivity contribution is 4.79. The highest BCUT2D eigenvalue weighted by atomic mass is 14.9. The maximum atomic E-state index is 3.71. The van der Waals surface area contributed by atoms with Gasteiger partial charge in [0, 0.05) is 6.04 Å². The van der Waals surface area contributed by atoms with E-state index in [-0.39, 0.29) is 0 Å². The van der Waals surface area contributed by atoms with Crippen molar-refractivity contribution in [2.45, 2.75) is 71.8 Å². The molecular formula is C14H29N. The molecule has 1 nitrogen and oxygen atoms in total. The van der Waals surface area contributed by atoms with E-state index in [9.17, 15) is 0 Å². The molecular weight excluding hydrogens is 182 g/mol. The van der Waals surface area contributed by atoms with Crippen LogP contribution in [-0.4, -0.2) is 12.6 Å². The molecule has 1 unspecified atom stereocenters. The lowest BCUT2D eigenvalue weighted by molar-refractivity contribution is 0.284. The van der Waals surface area contributed by atoms with Crippen molar-refractivity contribution in [3.05, 3.63) is 0 Å². The first-order valence-corrected chi connectivity index (χ1v) is 6.97. The van der Waals surface area contributed by atoms with Crippen LogP contribution in [0.5, 0.6) is 0 Å². The summed E-state index contributed by atoms with van der Waals surface area (Å²) < 4.78 is 0. The van der Waals surface area contributed by atoms with Gasteiger partial charge >= 0.3 is 0 Å². The molecule has 0 aromatic rings. The lowest BCUT2D eigenvalue weighted by Gasteiger charge is -2.28. The van der Waals surface area contributed by atoms with E-state index in [0.29, 0.717) is 0 Å². The van der Waals surface area contributed by atoms with E-state index >= 15 is 0 Å². The van der Waals surface area contributed by atoms with Gasteiger partial charge in [-0.2, -0.15) is 0 Å². The van der Waals surface area contributed by atoms with Crippen LogP contribution in [-0.2, 0) is 0 Å². The van der Waals surface area contributed by atoms with Crippen LogP contribution in [0.2, 0.25) is 0 Å². The highest BCUT2D eigenvalue weighted by Gasteiger charge is 2.22. The minimum Gasteiger partial charge on any atom is -0.314 e. The second kappa shape index (κ2) is 7.27. The van der Waals surface area contributed by atoms with Crippen molar-refractivity contribution in [3.8, 4) is 0 Å². The van der Waals surface area contributed by atoms with Gasteiger partial charge in [0.25, 0.3) is 0 Å². The standard InChI is InChI=1S/C14H29N/c1-4-15-14(11-12(2)3)13-9-7-5-6-8-10-13/h12-15H,4-11H2,1-3H3. The lowest BCUT2D eigenvalue weighted by atomic mass is 9.86. The molecule has 1 saturated carbocycles. The third kappa shape index (κ3) is 5.01. The first-order chi connectivity index (χ1) is 7.24. The van der Waals surface area contributed by atoms with E-state index < -0.39 is 0 Å². The molecule has 15 heavy (non-hydrogen) atoms. The molecule has 1 fully saturated rings. The molecule has 1 rings (SSSR count). The number of hydrogen-bond acceptors (Lipinski definition) is 1. The van der Waals surface area contributed by atoms with Crippen molar-refractivity contribution >= 4 is 0 Å². The van der Waals surface area contributed by atoms with Crippen molar-refractivity contribution in [1.82, 2.24) is 5.32 Å². The zero-order valence-corrected chi connectivity index (χ0v) is 10.9. The van der Waals surface area contributed by atoms with Crippen molar-refractivity contribution in [3.63, 3.8) is 0 Å². The van der Waals surface area contributed by atoms with Crippen LogP contribution in [0.15, 0.2) is 0 Å². The van der Waals surface area contributed by atoms with E-state index in [4.69, 9.17) is 0 Å². The van der Waals surface area contributed by atoms with Crippen molar-refractivity contribution in [2.24, 2.45) is 11.8 Å².